The van der Waals surface area contributed by atoms with Crippen LogP contribution in [0.3, 0.4) is 0 Å². The normalized spacial score (nSPS) is 19.8. The quantitative estimate of drug-likeness (QED) is 0.0939. The summed E-state index contributed by atoms with van der Waals surface area (Å²) in [5, 5.41) is 3.04. The van der Waals surface area contributed by atoms with Gasteiger partial charge in [-0.05, 0) is 57.4 Å². The number of rotatable bonds is 16. The Morgan fingerprint density at radius 3 is 2.42 bits per heavy atom. The van der Waals surface area contributed by atoms with E-state index in [0.29, 0.717) is 26.1 Å². The third-order valence-electron chi connectivity index (χ3n) is 5.24. The molecule has 0 heterocycles. The average molecular weight is 461 g/mol. The highest BCUT2D eigenvalue weighted by atomic mass is 31.2. The minimum absolute atomic E-state index is 0.0228. The van der Waals surface area contributed by atoms with E-state index in [-0.39, 0.29) is 23.7 Å². The first-order chi connectivity index (χ1) is 15.0. The lowest BCUT2D eigenvalue weighted by atomic mass is 9.81. The molecule has 0 aliphatic heterocycles. The van der Waals surface area contributed by atoms with Crippen LogP contribution < -0.4 is 5.32 Å². The van der Waals surface area contributed by atoms with Crippen molar-refractivity contribution in [2.24, 2.45) is 11.8 Å². The number of carbonyl (C=O) groups excluding carboxylic acids is 3. The molecule has 0 saturated heterocycles. The summed E-state index contributed by atoms with van der Waals surface area (Å²) in [5.74, 6) is 0.113. The Labute approximate surface area is 186 Å². The Kier molecular flexibility index (Phi) is 15.4. The second-order valence-electron chi connectivity index (χ2n) is 7.50. The second kappa shape index (κ2) is 17.2. The van der Waals surface area contributed by atoms with Crippen LogP contribution in [-0.2, 0) is 33.0 Å². The topological polar surface area (TPSA) is 103 Å². The first kappa shape index (κ1) is 27.7. The molecule has 1 rings (SSSR count). The molecule has 1 N–H and O–H groups in total. The van der Waals surface area contributed by atoms with Crippen molar-refractivity contribution >= 4 is 26.8 Å². The molecule has 9 nitrogen and oxygen atoms in total. The number of unbranched alkanes of at least 4 members (excludes halogenated alkanes) is 3. The molecule has 1 unspecified atom stereocenters. The van der Waals surface area contributed by atoms with Gasteiger partial charge in [0.1, 0.15) is 0 Å². The number of allylic oxidation sites excluding steroid dienone is 1. The number of amides is 3. The molecule has 1 saturated carbocycles. The minimum atomic E-state index is -1.44. The van der Waals surface area contributed by atoms with E-state index in [2.05, 4.69) is 10.2 Å². The summed E-state index contributed by atoms with van der Waals surface area (Å²) in [4.78, 5) is 41.1. The highest BCUT2D eigenvalue weighted by molar-refractivity contribution is 7.41. The van der Waals surface area contributed by atoms with Crippen molar-refractivity contribution in [3.8, 4) is 0 Å². The maximum atomic E-state index is 12.4. The van der Waals surface area contributed by atoms with Crippen LogP contribution in [0.15, 0.2) is 12.2 Å². The summed E-state index contributed by atoms with van der Waals surface area (Å²) in [6.45, 7) is 3.39. The van der Waals surface area contributed by atoms with Crippen molar-refractivity contribution in [3.63, 3.8) is 0 Å². The third kappa shape index (κ3) is 11.7. The minimum Gasteiger partial charge on any atom is -0.356 e. The molecular formula is C21H37N2O7P. The van der Waals surface area contributed by atoms with Crippen molar-refractivity contribution in [3.05, 3.63) is 12.2 Å². The highest BCUT2D eigenvalue weighted by Crippen LogP contribution is 2.38. The predicted octanol–water partition coefficient (Wildman–Crippen LogP) is 3.50. The first-order valence-corrected chi connectivity index (χ1v) is 12.0. The summed E-state index contributed by atoms with van der Waals surface area (Å²) in [5.41, 5.74) is 0. The zero-order chi connectivity index (χ0) is 22.9. The fourth-order valence-electron chi connectivity index (χ4n) is 3.55. The van der Waals surface area contributed by atoms with Gasteiger partial charge in [0.2, 0.25) is 12.3 Å². The molecule has 178 valence electrons. The van der Waals surface area contributed by atoms with Gasteiger partial charge in [0.05, 0.1) is 13.7 Å². The smallest absolute Gasteiger partial charge is 0.356 e. The predicted molar refractivity (Wildman–Crippen MR) is 117 cm³/mol. The van der Waals surface area contributed by atoms with E-state index < -0.39 is 8.60 Å². The standard InChI is InChI=1S/C21H37N2O7P/c1-4-9-20(25)23(17-24)16-18-10-12-19(13-11-18)21(26)22-14-7-5-6-8-15-29-31(28-3)30-27-2/h4,9,17-19H,5-8,10-16H2,1-3H3,(H,22,26)/b9-4-. The summed E-state index contributed by atoms with van der Waals surface area (Å²) in [7, 11) is 1.48. The maximum Gasteiger partial charge on any atom is 0.362 e. The molecule has 1 atom stereocenters. The van der Waals surface area contributed by atoms with Crippen LogP contribution in [0.2, 0.25) is 0 Å². The van der Waals surface area contributed by atoms with Crippen molar-refractivity contribution in [2.75, 3.05) is 33.9 Å². The van der Waals surface area contributed by atoms with Crippen molar-refractivity contribution in [1.29, 1.82) is 0 Å². The summed E-state index contributed by atoms with van der Waals surface area (Å²) < 4.78 is 15.2. The molecule has 1 aliphatic rings. The third-order valence-corrected chi connectivity index (χ3v) is 6.21. The van der Waals surface area contributed by atoms with E-state index in [0.717, 1.165) is 51.4 Å². The molecule has 1 fully saturated rings. The molecule has 0 aromatic rings. The number of nitrogens with zero attached hydrogens (tertiary/aromatic N) is 1. The van der Waals surface area contributed by atoms with Crippen LogP contribution in [0.25, 0.3) is 0 Å². The molecule has 0 aromatic carbocycles. The van der Waals surface area contributed by atoms with Gasteiger partial charge in [0.25, 0.3) is 5.91 Å². The molecule has 10 heteroatoms. The molecule has 0 radical (unpaired) electrons. The number of carbonyl (C=O) groups is 3. The number of nitrogens with one attached hydrogen (secondary N) is 1. The van der Waals surface area contributed by atoms with Gasteiger partial charge < -0.3 is 14.4 Å². The van der Waals surface area contributed by atoms with Crippen molar-refractivity contribution in [1.82, 2.24) is 10.2 Å². The van der Waals surface area contributed by atoms with Gasteiger partial charge in [-0.3, -0.25) is 19.3 Å². The number of imide groups is 1. The van der Waals surface area contributed by atoms with E-state index in [1.165, 1.54) is 25.2 Å². The van der Waals surface area contributed by atoms with Gasteiger partial charge in [-0.25, -0.2) is 4.89 Å². The summed E-state index contributed by atoms with van der Waals surface area (Å²) in [6.07, 6.45) is 10.7. The zero-order valence-electron chi connectivity index (χ0n) is 18.9. The van der Waals surface area contributed by atoms with E-state index >= 15 is 0 Å². The van der Waals surface area contributed by atoms with Gasteiger partial charge in [-0.15, -0.1) is 0 Å². The lowest BCUT2D eigenvalue weighted by Gasteiger charge is -2.29. The van der Waals surface area contributed by atoms with E-state index in [1.807, 2.05) is 0 Å². The maximum absolute atomic E-state index is 12.4. The largest absolute Gasteiger partial charge is 0.362 e. The lowest BCUT2D eigenvalue weighted by molar-refractivity contribution is -0.189. The Balaban J connectivity index is 2.11. The van der Waals surface area contributed by atoms with Crippen LogP contribution in [0.1, 0.15) is 58.3 Å². The molecule has 31 heavy (non-hydrogen) atoms. The van der Waals surface area contributed by atoms with E-state index in [9.17, 15) is 14.4 Å². The fraction of sp³-hybridized carbons (Fsp3) is 0.762. The first-order valence-electron chi connectivity index (χ1n) is 10.9. The second-order valence-corrected chi connectivity index (χ2v) is 8.72. The van der Waals surface area contributed by atoms with Gasteiger partial charge in [-0.2, -0.15) is 4.67 Å². The zero-order valence-corrected chi connectivity index (χ0v) is 19.8. The monoisotopic (exact) mass is 460 g/mol. The number of hydrogen-bond acceptors (Lipinski definition) is 7. The Morgan fingerprint density at radius 2 is 1.81 bits per heavy atom. The summed E-state index contributed by atoms with van der Waals surface area (Å²) in [6, 6.07) is 0. The fourth-order valence-corrected chi connectivity index (χ4v) is 4.16. The Bertz CT molecular complexity index is 554. The van der Waals surface area contributed by atoms with E-state index in [4.69, 9.17) is 13.7 Å². The Hall–Kier alpha value is -1.38. The molecule has 0 bridgehead atoms. The van der Waals surface area contributed by atoms with Gasteiger partial charge in [0, 0.05) is 26.1 Å². The van der Waals surface area contributed by atoms with Crippen LogP contribution >= 0.6 is 8.60 Å². The van der Waals surface area contributed by atoms with Crippen molar-refractivity contribution in [2.45, 2.75) is 58.3 Å². The SMILES string of the molecule is C/C=C\C(=O)N(C=O)CC1CCC(C(=O)NCCCCCCOP(OC)OOC)CC1. The van der Waals surface area contributed by atoms with Crippen LogP contribution in [0, 0.1) is 11.8 Å². The number of hydrogen-bond donors (Lipinski definition) is 1. The molecule has 3 amide bonds. The highest BCUT2D eigenvalue weighted by Gasteiger charge is 2.27. The van der Waals surface area contributed by atoms with Crippen LogP contribution in [0.5, 0.6) is 0 Å². The Morgan fingerprint density at radius 1 is 1.10 bits per heavy atom. The van der Waals surface area contributed by atoms with E-state index in [1.54, 1.807) is 13.0 Å². The van der Waals surface area contributed by atoms with Crippen LogP contribution in [-0.4, -0.2) is 57.0 Å². The molecular weight excluding hydrogens is 423 g/mol. The van der Waals surface area contributed by atoms with Gasteiger partial charge >= 0.3 is 8.60 Å². The van der Waals surface area contributed by atoms with Crippen LogP contribution in [0.4, 0.5) is 0 Å². The molecule has 0 spiro atoms. The van der Waals surface area contributed by atoms with Gasteiger partial charge in [0.15, 0.2) is 0 Å². The average Bonchev–Trinajstić information content (AvgIpc) is 2.78. The molecule has 0 aromatic heterocycles. The lowest BCUT2D eigenvalue weighted by Crippen LogP contribution is -2.37. The summed E-state index contributed by atoms with van der Waals surface area (Å²) >= 11 is 0. The molecule has 1 aliphatic carbocycles. The van der Waals surface area contributed by atoms with Crippen molar-refractivity contribution < 1.29 is 33.0 Å². The van der Waals surface area contributed by atoms with Gasteiger partial charge in [-0.1, -0.05) is 18.9 Å².